The second-order valence-electron chi connectivity index (χ2n) is 7.28. The Morgan fingerprint density at radius 2 is 2.00 bits per heavy atom. The Morgan fingerprint density at radius 1 is 1.26 bits per heavy atom. The molecule has 2 rings (SSSR count). The molecule has 0 unspecified atom stereocenters. The molecular formula is C20H31IN4OS. The van der Waals surface area contributed by atoms with Crippen LogP contribution in [0.3, 0.4) is 0 Å². The highest BCUT2D eigenvalue weighted by Gasteiger charge is 2.17. The second kappa shape index (κ2) is 10.8. The number of nitrogens with one attached hydrogen (secondary N) is 2. The molecule has 0 saturated heterocycles. The average molecular weight is 502 g/mol. The number of aliphatic imine (C=N–C) groups is 1. The van der Waals surface area contributed by atoms with Crippen molar-refractivity contribution in [3.63, 3.8) is 0 Å². The highest BCUT2D eigenvalue weighted by Crippen LogP contribution is 2.23. The highest BCUT2D eigenvalue weighted by molar-refractivity contribution is 14.0. The summed E-state index contributed by atoms with van der Waals surface area (Å²) < 4.78 is 5.39. The molecule has 150 valence electrons. The van der Waals surface area contributed by atoms with E-state index < -0.39 is 0 Å². The van der Waals surface area contributed by atoms with Gasteiger partial charge in [-0.05, 0) is 30.5 Å². The molecule has 7 heteroatoms. The zero-order chi connectivity index (χ0) is 19.2. The zero-order valence-corrected chi connectivity index (χ0v) is 20.2. The van der Waals surface area contributed by atoms with Crippen LogP contribution in [0.15, 0.2) is 28.6 Å². The van der Waals surface area contributed by atoms with E-state index in [1.54, 1.807) is 25.5 Å². The number of methoxy groups -OCH3 is 1. The van der Waals surface area contributed by atoms with Crippen molar-refractivity contribution in [2.24, 2.45) is 4.99 Å². The van der Waals surface area contributed by atoms with Gasteiger partial charge in [0.2, 0.25) is 0 Å². The van der Waals surface area contributed by atoms with Crippen LogP contribution in [0, 0.1) is 6.92 Å². The Morgan fingerprint density at radius 3 is 2.59 bits per heavy atom. The van der Waals surface area contributed by atoms with Gasteiger partial charge in [-0.2, -0.15) is 0 Å². The van der Waals surface area contributed by atoms with Crippen molar-refractivity contribution >= 4 is 41.3 Å². The normalized spacial score (nSPS) is 11.7. The molecule has 1 heterocycles. The molecule has 1 aromatic carbocycles. The van der Waals surface area contributed by atoms with Crippen LogP contribution < -0.4 is 15.4 Å². The van der Waals surface area contributed by atoms with E-state index in [9.17, 15) is 0 Å². The van der Waals surface area contributed by atoms with Gasteiger partial charge in [0, 0.05) is 24.4 Å². The Labute approximate surface area is 184 Å². The molecule has 0 aliphatic rings. The highest BCUT2D eigenvalue weighted by atomic mass is 127. The third-order valence-corrected chi connectivity index (χ3v) is 4.98. The lowest BCUT2D eigenvalue weighted by Gasteiger charge is -2.14. The molecule has 0 atom stereocenters. The van der Waals surface area contributed by atoms with E-state index in [4.69, 9.17) is 9.72 Å². The van der Waals surface area contributed by atoms with Gasteiger partial charge in [-0.3, -0.25) is 4.99 Å². The van der Waals surface area contributed by atoms with Crippen LogP contribution in [0.5, 0.6) is 5.75 Å². The van der Waals surface area contributed by atoms with E-state index in [1.807, 2.05) is 0 Å². The number of ether oxygens (including phenoxy) is 1. The van der Waals surface area contributed by atoms with Crippen LogP contribution >= 0.6 is 35.3 Å². The summed E-state index contributed by atoms with van der Waals surface area (Å²) >= 11 is 1.68. The summed E-state index contributed by atoms with van der Waals surface area (Å²) in [5, 5.41) is 9.89. The number of guanidine groups is 1. The van der Waals surface area contributed by atoms with Crippen molar-refractivity contribution in [3.8, 4) is 5.75 Å². The van der Waals surface area contributed by atoms with Gasteiger partial charge in [-0.15, -0.1) is 35.3 Å². The van der Waals surface area contributed by atoms with Crippen molar-refractivity contribution in [2.45, 2.75) is 46.1 Å². The maximum atomic E-state index is 5.39. The standard InChI is InChI=1S/C20H30N4OS.HI/c1-14-7-8-15(11-16(14)25-6)9-10-22-19(21-5)23-12-18-24-17(13-26-18)20(2,3)4;/h7-8,11,13H,9-10,12H2,1-6H3,(H2,21,22,23);1H. The van der Waals surface area contributed by atoms with Crippen molar-refractivity contribution in [1.82, 2.24) is 15.6 Å². The Bertz CT molecular complexity index is 753. The van der Waals surface area contributed by atoms with Crippen molar-refractivity contribution < 1.29 is 4.74 Å². The summed E-state index contributed by atoms with van der Waals surface area (Å²) in [6.45, 7) is 10.1. The fourth-order valence-corrected chi connectivity index (χ4v) is 3.42. The number of hydrogen-bond donors (Lipinski definition) is 2. The van der Waals surface area contributed by atoms with E-state index in [0.29, 0.717) is 6.54 Å². The number of nitrogens with zero attached hydrogens (tertiary/aromatic N) is 2. The second-order valence-corrected chi connectivity index (χ2v) is 8.23. The lowest BCUT2D eigenvalue weighted by Crippen LogP contribution is -2.37. The molecule has 0 aliphatic carbocycles. The topological polar surface area (TPSA) is 58.5 Å². The predicted molar refractivity (Wildman–Crippen MR) is 126 cm³/mol. The smallest absolute Gasteiger partial charge is 0.191 e. The zero-order valence-electron chi connectivity index (χ0n) is 17.0. The van der Waals surface area contributed by atoms with Gasteiger partial charge >= 0.3 is 0 Å². The maximum Gasteiger partial charge on any atom is 0.191 e. The predicted octanol–water partition coefficient (Wildman–Crippen LogP) is 4.28. The van der Waals surface area contributed by atoms with E-state index >= 15 is 0 Å². The van der Waals surface area contributed by atoms with E-state index in [2.05, 4.69) is 66.9 Å². The fraction of sp³-hybridized carbons (Fsp3) is 0.500. The van der Waals surface area contributed by atoms with Crippen molar-refractivity contribution in [3.05, 3.63) is 45.4 Å². The van der Waals surface area contributed by atoms with Crippen LogP contribution in [0.2, 0.25) is 0 Å². The molecular weight excluding hydrogens is 471 g/mol. The number of hydrogen-bond acceptors (Lipinski definition) is 4. The lowest BCUT2D eigenvalue weighted by atomic mass is 9.93. The van der Waals surface area contributed by atoms with Crippen LogP contribution in [-0.4, -0.2) is 31.6 Å². The first-order valence-corrected chi connectivity index (χ1v) is 9.74. The monoisotopic (exact) mass is 502 g/mol. The van der Waals surface area contributed by atoms with Crippen LogP contribution in [-0.2, 0) is 18.4 Å². The molecule has 2 aromatic rings. The van der Waals surface area contributed by atoms with Gasteiger partial charge < -0.3 is 15.4 Å². The fourth-order valence-electron chi connectivity index (χ4n) is 2.46. The molecule has 1 aromatic heterocycles. The maximum absolute atomic E-state index is 5.39. The SMILES string of the molecule is CN=C(NCCc1ccc(C)c(OC)c1)NCc1nc(C(C)(C)C)cs1.I. The Balaban J connectivity index is 0.00000364. The minimum atomic E-state index is 0. The number of aromatic nitrogens is 1. The van der Waals surface area contributed by atoms with Gasteiger partial charge in [0.15, 0.2) is 5.96 Å². The first-order chi connectivity index (χ1) is 12.3. The Hall–Kier alpha value is -1.35. The summed E-state index contributed by atoms with van der Waals surface area (Å²) in [7, 11) is 3.49. The third-order valence-electron chi connectivity index (χ3n) is 4.13. The summed E-state index contributed by atoms with van der Waals surface area (Å²) in [4.78, 5) is 8.99. The molecule has 0 aliphatic heterocycles. The van der Waals surface area contributed by atoms with Crippen LogP contribution in [0.1, 0.15) is 42.6 Å². The molecule has 0 fully saturated rings. The number of aryl methyl sites for hydroxylation is 1. The third kappa shape index (κ3) is 7.29. The number of thiazole rings is 1. The number of benzene rings is 1. The molecule has 0 saturated carbocycles. The summed E-state index contributed by atoms with van der Waals surface area (Å²) in [6.07, 6.45) is 0.906. The first kappa shape index (κ1) is 23.7. The van der Waals surface area contributed by atoms with E-state index in [1.165, 1.54) is 5.56 Å². The van der Waals surface area contributed by atoms with Crippen LogP contribution in [0.4, 0.5) is 0 Å². The molecule has 2 N–H and O–H groups in total. The van der Waals surface area contributed by atoms with Crippen molar-refractivity contribution in [2.75, 3.05) is 20.7 Å². The van der Waals surface area contributed by atoms with E-state index in [0.717, 1.165) is 40.9 Å². The molecule has 5 nitrogen and oxygen atoms in total. The van der Waals surface area contributed by atoms with E-state index in [-0.39, 0.29) is 29.4 Å². The van der Waals surface area contributed by atoms with Gasteiger partial charge in [0.1, 0.15) is 10.8 Å². The van der Waals surface area contributed by atoms with Gasteiger partial charge in [0.05, 0.1) is 19.3 Å². The quantitative estimate of drug-likeness (QED) is 0.352. The summed E-state index contributed by atoms with van der Waals surface area (Å²) in [6, 6.07) is 6.33. The summed E-state index contributed by atoms with van der Waals surface area (Å²) in [5.41, 5.74) is 3.62. The number of halogens is 1. The van der Waals surface area contributed by atoms with Gasteiger partial charge in [-0.1, -0.05) is 32.9 Å². The minimum Gasteiger partial charge on any atom is -0.496 e. The molecule has 0 amide bonds. The summed E-state index contributed by atoms with van der Waals surface area (Å²) in [5.74, 6) is 1.72. The largest absolute Gasteiger partial charge is 0.496 e. The first-order valence-electron chi connectivity index (χ1n) is 8.86. The molecule has 0 radical (unpaired) electrons. The minimum absolute atomic E-state index is 0. The molecule has 0 bridgehead atoms. The average Bonchev–Trinajstić information content (AvgIpc) is 3.08. The Kier molecular flexibility index (Phi) is 9.52. The van der Waals surface area contributed by atoms with Gasteiger partial charge in [-0.25, -0.2) is 4.98 Å². The van der Waals surface area contributed by atoms with Gasteiger partial charge in [0.25, 0.3) is 0 Å². The lowest BCUT2D eigenvalue weighted by molar-refractivity contribution is 0.411. The van der Waals surface area contributed by atoms with Crippen molar-refractivity contribution in [1.29, 1.82) is 0 Å². The molecule has 27 heavy (non-hydrogen) atoms. The molecule has 0 spiro atoms. The van der Waals surface area contributed by atoms with Crippen LogP contribution in [0.25, 0.3) is 0 Å². The number of rotatable bonds is 6.